The van der Waals surface area contributed by atoms with E-state index in [9.17, 15) is 13.2 Å². The van der Waals surface area contributed by atoms with Crippen molar-refractivity contribution < 1.29 is 13.2 Å². The van der Waals surface area contributed by atoms with E-state index in [1.54, 1.807) is 18.5 Å². The molecule has 0 spiro atoms. The molecule has 156 valence electrons. The number of benzene rings is 2. The molecule has 8 heteroatoms. The molecule has 2 N–H and O–H groups in total. The van der Waals surface area contributed by atoms with Gasteiger partial charge < -0.3 is 5.32 Å². The second kappa shape index (κ2) is 8.04. The van der Waals surface area contributed by atoms with Crippen LogP contribution in [0.15, 0.2) is 59.5 Å². The van der Waals surface area contributed by atoms with Gasteiger partial charge in [0.15, 0.2) is 0 Å². The number of sulfonamides is 1. The first-order chi connectivity index (χ1) is 14.3. The number of hydrogen-bond donors (Lipinski definition) is 2. The number of anilines is 1. The molecule has 0 atom stereocenters. The second-order valence-electron chi connectivity index (χ2n) is 7.63. The van der Waals surface area contributed by atoms with Crippen LogP contribution in [0.3, 0.4) is 0 Å². The van der Waals surface area contributed by atoms with E-state index in [0.717, 1.165) is 36.2 Å². The first kappa shape index (κ1) is 20.3. The summed E-state index contributed by atoms with van der Waals surface area (Å²) in [7, 11) is -3.60. The molecule has 1 aliphatic carbocycles. The minimum absolute atomic E-state index is 0.128. The van der Waals surface area contributed by atoms with Gasteiger partial charge in [0.2, 0.25) is 10.0 Å². The summed E-state index contributed by atoms with van der Waals surface area (Å²) in [6.07, 6.45) is 2.79. The smallest absolute Gasteiger partial charge is 0.256 e. The first-order valence-corrected chi connectivity index (χ1v) is 11.4. The fourth-order valence-corrected chi connectivity index (χ4v) is 4.87. The zero-order chi connectivity index (χ0) is 21.3. The maximum absolute atomic E-state index is 12.9. The summed E-state index contributed by atoms with van der Waals surface area (Å²) in [5, 5.41) is 7.69. The molecule has 0 saturated carbocycles. The van der Waals surface area contributed by atoms with E-state index in [1.165, 1.54) is 24.3 Å². The van der Waals surface area contributed by atoms with E-state index >= 15 is 0 Å². The second-order valence-corrected chi connectivity index (χ2v) is 9.34. The van der Waals surface area contributed by atoms with Gasteiger partial charge in [-0.3, -0.25) is 4.79 Å². The number of para-hydroxylation sites is 1. The van der Waals surface area contributed by atoms with Crippen molar-refractivity contribution in [3.8, 4) is 5.69 Å². The Bertz CT molecular complexity index is 1170. The van der Waals surface area contributed by atoms with Crippen LogP contribution in [-0.2, 0) is 22.9 Å². The first-order valence-electron chi connectivity index (χ1n) is 9.95. The minimum atomic E-state index is -3.60. The highest BCUT2D eigenvalue weighted by atomic mass is 32.2. The Kier molecular flexibility index (Phi) is 5.44. The van der Waals surface area contributed by atoms with Gasteiger partial charge in [-0.25, -0.2) is 17.8 Å². The van der Waals surface area contributed by atoms with Crippen molar-refractivity contribution in [2.75, 3.05) is 5.32 Å². The Morgan fingerprint density at radius 2 is 1.73 bits per heavy atom. The number of aromatic nitrogens is 2. The Morgan fingerprint density at radius 1 is 1.03 bits per heavy atom. The molecule has 0 fully saturated rings. The van der Waals surface area contributed by atoms with E-state index in [-0.39, 0.29) is 16.8 Å². The predicted octanol–water partition coefficient (Wildman–Crippen LogP) is 3.30. The van der Waals surface area contributed by atoms with E-state index in [1.807, 2.05) is 30.3 Å². The van der Waals surface area contributed by atoms with Crippen LogP contribution in [-0.4, -0.2) is 30.1 Å². The van der Waals surface area contributed by atoms with Gasteiger partial charge >= 0.3 is 0 Å². The molecule has 7 nitrogen and oxygen atoms in total. The summed E-state index contributed by atoms with van der Waals surface area (Å²) in [6.45, 7) is 3.52. The average Bonchev–Trinajstić information content (AvgIpc) is 3.30. The summed E-state index contributed by atoms with van der Waals surface area (Å²) in [5.74, 6) is 0.374. The molecule has 2 aromatic carbocycles. The standard InChI is InChI=1S/C22H24N4O3S/c1-15(2)25-30(28,29)18-13-11-16(12-14-18)22(27)23-21-19-9-6-10-20(19)24-26(21)17-7-4-3-5-8-17/h3-5,7-8,11-15,25H,6,9-10H2,1-2H3,(H,23,27). The van der Waals surface area contributed by atoms with E-state index < -0.39 is 10.0 Å². The molecule has 3 aromatic rings. The summed E-state index contributed by atoms with van der Waals surface area (Å²) in [6, 6.07) is 15.4. The van der Waals surface area contributed by atoms with Gasteiger partial charge in [-0.15, -0.1) is 0 Å². The molecule has 1 aliphatic rings. The number of hydrogen-bond acceptors (Lipinski definition) is 4. The number of amides is 1. The Balaban J connectivity index is 1.61. The molecule has 0 radical (unpaired) electrons. The SMILES string of the molecule is CC(C)NS(=O)(=O)c1ccc(C(=O)Nc2c3c(nn2-c2ccccc2)CCC3)cc1. The molecule has 0 unspecified atom stereocenters. The fourth-order valence-electron chi connectivity index (χ4n) is 3.62. The Hall–Kier alpha value is -2.97. The van der Waals surface area contributed by atoms with Crippen LogP contribution in [0.4, 0.5) is 5.82 Å². The molecule has 0 saturated heterocycles. The zero-order valence-corrected chi connectivity index (χ0v) is 17.7. The zero-order valence-electron chi connectivity index (χ0n) is 16.9. The number of carbonyl (C=O) groups is 1. The molecule has 0 bridgehead atoms. The lowest BCUT2D eigenvalue weighted by Crippen LogP contribution is -2.30. The number of carbonyl (C=O) groups excluding carboxylic acids is 1. The number of rotatable bonds is 6. The van der Waals surface area contributed by atoms with Crippen molar-refractivity contribution in [2.45, 2.75) is 44.0 Å². The lowest BCUT2D eigenvalue weighted by molar-refractivity contribution is 0.102. The van der Waals surface area contributed by atoms with Gasteiger partial charge in [0.1, 0.15) is 5.82 Å². The summed E-state index contributed by atoms with van der Waals surface area (Å²) in [4.78, 5) is 13.0. The molecule has 4 rings (SSSR count). The van der Waals surface area contributed by atoms with Gasteiger partial charge in [0.05, 0.1) is 16.3 Å². The van der Waals surface area contributed by atoms with Gasteiger partial charge in [-0.2, -0.15) is 5.10 Å². The van der Waals surface area contributed by atoms with Crippen LogP contribution in [0, 0.1) is 0 Å². The van der Waals surface area contributed by atoms with E-state index in [4.69, 9.17) is 5.10 Å². The van der Waals surface area contributed by atoms with Crippen molar-refractivity contribution in [3.63, 3.8) is 0 Å². The average molecular weight is 425 g/mol. The van der Waals surface area contributed by atoms with Crippen LogP contribution < -0.4 is 10.0 Å². The van der Waals surface area contributed by atoms with Crippen molar-refractivity contribution in [2.24, 2.45) is 0 Å². The molecule has 1 aromatic heterocycles. The quantitative estimate of drug-likeness (QED) is 0.635. The van der Waals surface area contributed by atoms with Crippen molar-refractivity contribution in [1.29, 1.82) is 0 Å². The monoisotopic (exact) mass is 424 g/mol. The molecule has 0 aliphatic heterocycles. The largest absolute Gasteiger partial charge is 0.306 e. The van der Waals surface area contributed by atoms with Crippen LogP contribution in [0.25, 0.3) is 5.69 Å². The van der Waals surface area contributed by atoms with Crippen molar-refractivity contribution in [1.82, 2.24) is 14.5 Å². The fraction of sp³-hybridized carbons (Fsp3) is 0.273. The summed E-state index contributed by atoms with van der Waals surface area (Å²) >= 11 is 0. The third-order valence-corrected chi connectivity index (χ3v) is 6.63. The third kappa shape index (κ3) is 4.01. The highest BCUT2D eigenvalue weighted by molar-refractivity contribution is 7.89. The minimum Gasteiger partial charge on any atom is -0.306 e. The maximum atomic E-state index is 12.9. The number of fused-ring (bicyclic) bond motifs is 1. The highest BCUT2D eigenvalue weighted by Gasteiger charge is 2.25. The lowest BCUT2D eigenvalue weighted by Gasteiger charge is -2.12. The van der Waals surface area contributed by atoms with Crippen LogP contribution in [0.2, 0.25) is 0 Å². The third-order valence-electron chi connectivity index (χ3n) is 4.96. The Morgan fingerprint density at radius 3 is 2.40 bits per heavy atom. The molecule has 1 heterocycles. The molecule has 30 heavy (non-hydrogen) atoms. The molecular formula is C22H24N4O3S. The molecule has 1 amide bonds. The summed E-state index contributed by atoms with van der Waals surface area (Å²) in [5.41, 5.74) is 3.33. The Labute approximate surface area is 176 Å². The van der Waals surface area contributed by atoms with Crippen molar-refractivity contribution in [3.05, 3.63) is 71.4 Å². The van der Waals surface area contributed by atoms with Gasteiger partial charge in [0.25, 0.3) is 5.91 Å². The number of aryl methyl sites for hydroxylation is 1. The van der Waals surface area contributed by atoms with E-state index in [2.05, 4.69) is 10.0 Å². The number of nitrogens with zero attached hydrogens (tertiary/aromatic N) is 2. The predicted molar refractivity (Wildman–Crippen MR) is 115 cm³/mol. The van der Waals surface area contributed by atoms with Gasteiger partial charge in [-0.1, -0.05) is 18.2 Å². The van der Waals surface area contributed by atoms with Gasteiger partial charge in [-0.05, 0) is 69.5 Å². The van der Waals surface area contributed by atoms with Crippen LogP contribution >= 0.6 is 0 Å². The molecular weight excluding hydrogens is 400 g/mol. The van der Waals surface area contributed by atoms with Crippen molar-refractivity contribution >= 4 is 21.7 Å². The van der Waals surface area contributed by atoms with Crippen LogP contribution in [0.5, 0.6) is 0 Å². The summed E-state index contributed by atoms with van der Waals surface area (Å²) < 4.78 is 28.9. The maximum Gasteiger partial charge on any atom is 0.256 e. The lowest BCUT2D eigenvalue weighted by atomic mass is 10.2. The topological polar surface area (TPSA) is 93.1 Å². The normalized spacial score (nSPS) is 13.4. The van der Waals surface area contributed by atoms with Crippen LogP contribution in [0.1, 0.15) is 41.9 Å². The number of nitrogens with one attached hydrogen (secondary N) is 2. The highest BCUT2D eigenvalue weighted by Crippen LogP contribution is 2.31. The van der Waals surface area contributed by atoms with E-state index in [0.29, 0.717) is 11.4 Å². The van der Waals surface area contributed by atoms with Gasteiger partial charge in [0, 0.05) is 17.2 Å².